The van der Waals surface area contributed by atoms with Crippen molar-refractivity contribution in [3.05, 3.63) is 28.2 Å². The largest absolute Gasteiger partial charge is 0.399 e. The zero-order chi connectivity index (χ0) is 10.7. The topological polar surface area (TPSA) is 38.0 Å². The molecule has 2 rings (SSSR count). The Morgan fingerprint density at radius 2 is 2.13 bits per heavy atom. The molecular formula is C12H17BrN2. The van der Waals surface area contributed by atoms with Crippen molar-refractivity contribution < 1.29 is 0 Å². The molecule has 0 bridgehead atoms. The number of halogens is 1. The van der Waals surface area contributed by atoms with Gasteiger partial charge in [0, 0.05) is 16.7 Å². The van der Waals surface area contributed by atoms with E-state index in [1.165, 1.54) is 24.8 Å². The maximum atomic E-state index is 5.76. The fourth-order valence-electron chi connectivity index (χ4n) is 1.72. The van der Waals surface area contributed by atoms with Crippen LogP contribution in [0.5, 0.6) is 0 Å². The first-order valence-electron chi connectivity index (χ1n) is 5.50. The van der Waals surface area contributed by atoms with Crippen LogP contribution in [0.25, 0.3) is 0 Å². The second-order valence-corrected chi connectivity index (χ2v) is 5.22. The van der Waals surface area contributed by atoms with Crippen LogP contribution in [0.2, 0.25) is 0 Å². The van der Waals surface area contributed by atoms with Crippen molar-refractivity contribution in [2.24, 2.45) is 5.92 Å². The molecule has 1 fully saturated rings. The zero-order valence-corrected chi connectivity index (χ0v) is 10.4. The monoisotopic (exact) mass is 268 g/mol. The van der Waals surface area contributed by atoms with Crippen LogP contribution in [-0.4, -0.2) is 6.54 Å². The van der Waals surface area contributed by atoms with Crippen molar-refractivity contribution in [2.45, 2.75) is 25.8 Å². The lowest BCUT2D eigenvalue weighted by atomic mass is 10.2. The molecule has 1 aromatic rings. The Kier molecular flexibility index (Phi) is 3.65. The van der Waals surface area contributed by atoms with E-state index in [-0.39, 0.29) is 0 Å². The fraction of sp³-hybridized carbons (Fsp3) is 0.500. The van der Waals surface area contributed by atoms with Gasteiger partial charge in [-0.1, -0.05) is 28.8 Å². The third kappa shape index (κ3) is 3.84. The molecule has 3 N–H and O–H groups in total. The van der Waals surface area contributed by atoms with Gasteiger partial charge in [0.2, 0.25) is 0 Å². The van der Waals surface area contributed by atoms with Gasteiger partial charge in [-0.25, -0.2) is 0 Å². The maximum Gasteiger partial charge on any atom is 0.0328 e. The molecule has 0 unspecified atom stereocenters. The predicted molar refractivity (Wildman–Crippen MR) is 67.6 cm³/mol. The van der Waals surface area contributed by atoms with Gasteiger partial charge in [0.15, 0.2) is 0 Å². The lowest BCUT2D eigenvalue weighted by Crippen LogP contribution is -2.15. The highest BCUT2D eigenvalue weighted by atomic mass is 79.9. The Bertz CT molecular complexity index is 314. The summed E-state index contributed by atoms with van der Waals surface area (Å²) in [5, 5.41) is 3.45. The lowest BCUT2D eigenvalue weighted by Gasteiger charge is -2.06. The summed E-state index contributed by atoms with van der Waals surface area (Å²) in [7, 11) is 0. The van der Waals surface area contributed by atoms with Crippen molar-refractivity contribution in [1.29, 1.82) is 0 Å². The number of rotatable bonds is 5. The molecule has 1 aliphatic carbocycles. The Morgan fingerprint density at radius 3 is 2.80 bits per heavy atom. The Balaban J connectivity index is 1.76. The van der Waals surface area contributed by atoms with Crippen LogP contribution in [0.1, 0.15) is 24.8 Å². The minimum absolute atomic E-state index is 0.823. The molecule has 0 radical (unpaired) electrons. The number of nitrogens with two attached hydrogens (primary N) is 1. The third-order valence-corrected chi connectivity index (χ3v) is 3.19. The highest BCUT2D eigenvalue weighted by molar-refractivity contribution is 9.10. The molecule has 0 spiro atoms. The van der Waals surface area contributed by atoms with Gasteiger partial charge in [0.25, 0.3) is 0 Å². The minimum Gasteiger partial charge on any atom is -0.399 e. The summed E-state index contributed by atoms with van der Waals surface area (Å²) in [6, 6.07) is 6.06. The normalized spacial score (nSPS) is 15.5. The highest BCUT2D eigenvalue weighted by Gasteiger charge is 2.19. The van der Waals surface area contributed by atoms with Crippen LogP contribution in [0, 0.1) is 5.92 Å². The molecule has 0 heterocycles. The summed E-state index contributed by atoms with van der Waals surface area (Å²) in [5.74, 6) is 1.00. The first-order valence-corrected chi connectivity index (χ1v) is 6.29. The van der Waals surface area contributed by atoms with Gasteiger partial charge in [-0.05, 0) is 42.6 Å². The standard InChI is InChI=1S/C12H17BrN2/c13-11-5-10(6-12(14)7-11)8-15-4-3-9-1-2-9/h5-7,9,15H,1-4,8,14H2. The number of nitrogen functional groups attached to an aromatic ring is 1. The van der Waals surface area contributed by atoms with E-state index in [1.54, 1.807) is 0 Å². The van der Waals surface area contributed by atoms with Crippen molar-refractivity contribution in [1.82, 2.24) is 5.32 Å². The van der Waals surface area contributed by atoms with E-state index < -0.39 is 0 Å². The van der Waals surface area contributed by atoms with Crippen LogP contribution in [0.3, 0.4) is 0 Å². The van der Waals surface area contributed by atoms with Crippen LogP contribution >= 0.6 is 15.9 Å². The van der Waals surface area contributed by atoms with E-state index >= 15 is 0 Å². The molecule has 1 aromatic carbocycles. The minimum atomic E-state index is 0.823. The first kappa shape index (κ1) is 11.0. The van der Waals surface area contributed by atoms with Crippen LogP contribution < -0.4 is 11.1 Å². The second kappa shape index (κ2) is 4.99. The van der Waals surface area contributed by atoms with Gasteiger partial charge < -0.3 is 11.1 Å². The second-order valence-electron chi connectivity index (χ2n) is 4.30. The van der Waals surface area contributed by atoms with Gasteiger partial charge >= 0.3 is 0 Å². The van der Waals surface area contributed by atoms with Crippen molar-refractivity contribution in [3.63, 3.8) is 0 Å². The summed E-state index contributed by atoms with van der Waals surface area (Å²) >= 11 is 3.45. The zero-order valence-electron chi connectivity index (χ0n) is 8.80. The third-order valence-electron chi connectivity index (χ3n) is 2.74. The van der Waals surface area contributed by atoms with Crippen LogP contribution in [0.4, 0.5) is 5.69 Å². The Labute approximate surface area is 99.4 Å². The summed E-state index contributed by atoms with van der Waals surface area (Å²) in [6.07, 6.45) is 4.19. The number of hydrogen-bond acceptors (Lipinski definition) is 2. The van der Waals surface area contributed by atoms with Gasteiger partial charge in [-0.15, -0.1) is 0 Å². The van der Waals surface area contributed by atoms with E-state index in [2.05, 4.69) is 27.3 Å². The Hall–Kier alpha value is -0.540. The SMILES string of the molecule is Nc1cc(Br)cc(CNCCC2CC2)c1. The molecular weight excluding hydrogens is 252 g/mol. The van der Waals surface area contributed by atoms with Gasteiger partial charge in [0.1, 0.15) is 0 Å². The molecule has 1 saturated carbocycles. The van der Waals surface area contributed by atoms with E-state index in [0.717, 1.165) is 29.2 Å². The van der Waals surface area contributed by atoms with E-state index in [0.29, 0.717) is 0 Å². The summed E-state index contributed by atoms with van der Waals surface area (Å²) in [5.41, 5.74) is 7.83. The van der Waals surface area contributed by atoms with Crippen LogP contribution in [-0.2, 0) is 6.54 Å². The Morgan fingerprint density at radius 1 is 1.33 bits per heavy atom. The molecule has 0 saturated heterocycles. The molecule has 0 amide bonds. The number of benzene rings is 1. The van der Waals surface area contributed by atoms with Gasteiger partial charge in [0.05, 0.1) is 0 Å². The smallest absolute Gasteiger partial charge is 0.0328 e. The molecule has 15 heavy (non-hydrogen) atoms. The molecule has 0 aromatic heterocycles. The molecule has 0 atom stereocenters. The van der Waals surface area contributed by atoms with Crippen LogP contribution in [0.15, 0.2) is 22.7 Å². The summed E-state index contributed by atoms with van der Waals surface area (Å²) in [6.45, 7) is 2.04. The van der Waals surface area contributed by atoms with Gasteiger partial charge in [-0.3, -0.25) is 0 Å². The first-order chi connectivity index (χ1) is 7.24. The average molecular weight is 269 g/mol. The fourth-order valence-corrected chi connectivity index (χ4v) is 2.28. The lowest BCUT2D eigenvalue weighted by molar-refractivity contribution is 0.613. The van der Waals surface area contributed by atoms with Gasteiger partial charge in [-0.2, -0.15) is 0 Å². The molecule has 1 aliphatic rings. The molecule has 3 heteroatoms. The highest BCUT2D eigenvalue weighted by Crippen LogP contribution is 2.31. The quantitative estimate of drug-likeness (QED) is 0.637. The number of hydrogen-bond donors (Lipinski definition) is 2. The molecule has 2 nitrogen and oxygen atoms in total. The number of anilines is 1. The van der Waals surface area contributed by atoms with E-state index in [9.17, 15) is 0 Å². The van der Waals surface area contributed by atoms with Crippen molar-refractivity contribution >= 4 is 21.6 Å². The van der Waals surface area contributed by atoms with Crippen molar-refractivity contribution in [3.8, 4) is 0 Å². The number of nitrogens with one attached hydrogen (secondary N) is 1. The maximum absolute atomic E-state index is 5.76. The van der Waals surface area contributed by atoms with E-state index in [4.69, 9.17) is 5.73 Å². The average Bonchev–Trinajstić information content (AvgIpc) is 2.94. The summed E-state index contributed by atoms with van der Waals surface area (Å²) in [4.78, 5) is 0. The van der Waals surface area contributed by atoms with Crippen molar-refractivity contribution in [2.75, 3.05) is 12.3 Å². The summed E-state index contributed by atoms with van der Waals surface area (Å²) < 4.78 is 1.06. The molecule has 0 aliphatic heterocycles. The predicted octanol–water partition coefficient (Wildman–Crippen LogP) is 2.92. The molecule has 82 valence electrons. The van der Waals surface area contributed by atoms with E-state index in [1.807, 2.05) is 12.1 Å².